The minimum Gasteiger partial charge on any atom is -0.480 e. The van der Waals surface area contributed by atoms with E-state index in [1.54, 1.807) is 4.68 Å². The Bertz CT molecular complexity index is 752. The van der Waals surface area contributed by atoms with Gasteiger partial charge in [-0.15, -0.1) is 0 Å². The number of carboxylic acid groups (broad SMARTS) is 1. The van der Waals surface area contributed by atoms with Crippen LogP contribution in [0.25, 0.3) is 0 Å². The average Bonchev–Trinajstić information content (AvgIpc) is 3.12. The SMILES string of the molecule is Cc1nn(CCCNC(=O)c2ccnn2C(C)C(=O)O)c(C)c1Cl. The van der Waals surface area contributed by atoms with Gasteiger partial charge in [0.2, 0.25) is 0 Å². The Hall–Kier alpha value is -2.35. The molecule has 0 spiro atoms. The number of carbonyl (C=O) groups is 2. The van der Waals surface area contributed by atoms with Crippen LogP contribution in [0.2, 0.25) is 5.02 Å². The number of carbonyl (C=O) groups excluding carboxylic acids is 1. The van der Waals surface area contributed by atoms with Crippen molar-refractivity contribution in [2.75, 3.05) is 6.54 Å². The highest BCUT2D eigenvalue weighted by Crippen LogP contribution is 2.18. The highest BCUT2D eigenvalue weighted by molar-refractivity contribution is 6.31. The highest BCUT2D eigenvalue weighted by Gasteiger charge is 2.20. The van der Waals surface area contributed by atoms with Crippen molar-refractivity contribution in [2.45, 2.75) is 39.8 Å². The number of nitrogens with zero attached hydrogens (tertiary/aromatic N) is 4. The molecule has 0 aliphatic carbocycles. The minimum absolute atomic E-state index is 0.221. The molecule has 2 aromatic rings. The molecule has 130 valence electrons. The van der Waals surface area contributed by atoms with Gasteiger partial charge >= 0.3 is 5.97 Å². The van der Waals surface area contributed by atoms with E-state index in [1.165, 1.54) is 23.9 Å². The van der Waals surface area contributed by atoms with E-state index in [0.29, 0.717) is 24.5 Å². The summed E-state index contributed by atoms with van der Waals surface area (Å²) in [4.78, 5) is 23.2. The fraction of sp³-hybridized carbons (Fsp3) is 0.467. The third-order valence-corrected chi connectivity index (χ3v) is 4.30. The number of amides is 1. The summed E-state index contributed by atoms with van der Waals surface area (Å²) >= 11 is 6.09. The molecule has 0 fully saturated rings. The number of aryl methyl sites for hydroxylation is 2. The summed E-state index contributed by atoms with van der Waals surface area (Å²) in [7, 11) is 0. The van der Waals surface area contributed by atoms with Crippen LogP contribution < -0.4 is 5.32 Å². The molecule has 8 nitrogen and oxygen atoms in total. The second-order valence-corrected chi connectivity index (χ2v) is 5.87. The van der Waals surface area contributed by atoms with E-state index in [-0.39, 0.29) is 11.6 Å². The van der Waals surface area contributed by atoms with Gasteiger partial charge in [-0.25, -0.2) is 9.48 Å². The Labute approximate surface area is 144 Å². The van der Waals surface area contributed by atoms with Gasteiger partial charge < -0.3 is 10.4 Å². The van der Waals surface area contributed by atoms with Gasteiger partial charge in [0.15, 0.2) is 0 Å². The molecular weight excluding hydrogens is 334 g/mol. The number of rotatable bonds is 7. The largest absolute Gasteiger partial charge is 0.480 e. The molecule has 0 aliphatic heterocycles. The highest BCUT2D eigenvalue weighted by atomic mass is 35.5. The van der Waals surface area contributed by atoms with Crippen LogP contribution in [0.1, 0.15) is 41.3 Å². The second kappa shape index (κ2) is 7.48. The lowest BCUT2D eigenvalue weighted by Gasteiger charge is -2.11. The van der Waals surface area contributed by atoms with Gasteiger partial charge in [0.05, 0.1) is 16.4 Å². The van der Waals surface area contributed by atoms with Crippen LogP contribution in [-0.4, -0.2) is 43.1 Å². The maximum absolute atomic E-state index is 12.2. The van der Waals surface area contributed by atoms with Gasteiger partial charge in [0.25, 0.3) is 5.91 Å². The standard InChI is InChI=1S/C15H20ClN5O3/c1-9-13(16)10(2)20(19-9)8-4-6-17-14(22)12-5-7-18-21(12)11(3)15(23)24/h5,7,11H,4,6,8H2,1-3H3,(H,17,22)(H,23,24). The van der Waals surface area contributed by atoms with Gasteiger partial charge in [0.1, 0.15) is 11.7 Å². The van der Waals surface area contributed by atoms with Crippen molar-refractivity contribution in [3.8, 4) is 0 Å². The van der Waals surface area contributed by atoms with Crippen molar-refractivity contribution in [1.82, 2.24) is 24.9 Å². The molecule has 1 unspecified atom stereocenters. The molecule has 24 heavy (non-hydrogen) atoms. The summed E-state index contributed by atoms with van der Waals surface area (Å²) in [6.45, 7) is 6.27. The summed E-state index contributed by atoms with van der Waals surface area (Å²) in [6.07, 6.45) is 2.08. The van der Waals surface area contributed by atoms with Gasteiger partial charge in [-0.1, -0.05) is 11.6 Å². The first-order valence-electron chi connectivity index (χ1n) is 7.57. The minimum atomic E-state index is -1.05. The lowest BCUT2D eigenvalue weighted by atomic mass is 10.3. The van der Waals surface area contributed by atoms with E-state index in [2.05, 4.69) is 15.5 Å². The van der Waals surface area contributed by atoms with E-state index in [0.717, 1.165) is 11.4 Å². The molecule has 0 aromatic carbocycles. The molecule has 2 heterocycles. The molecule has 1 amide bonds. The zero-order valence-corrected chi connectivity index (χ0v) is 14.5. The predicted octanol–water partition coefficient (Wildman–Crippen LogP) is 1.82. The van der Waals surface area contributed by atoms with Crippen LogP contribution in [0.15, 0.2) is 12.3 Å². The molecule has 2 rings (SSSR count). The summed E-state index contributed by atoms with van der Waals surface area (Å²) in [5.41, 5.74) is 1.90. The van der Waals surface area contributed by atoms with Crippen LogP contribution in [-0.2, 0) is 11.3 Å². The number of aromatic nitrogens is 4. The molecular formula is C15H20ClN5O3. The Morgan fingerprint density at radius 1 is 1.42 bits per heavy atom. The number of halogens is 1. The zero-order valence-electron chi connectivity index (χ0n) is 13.8. The number of nitrogens with one attached hydrogen (secondary N) is 1. The summed E-state index contributed by atoms with van der Waals surface area (Å²) in [6, 6.07) is 0.591. The number of hydrogen-bond acceptors (Lipinski definition) is 4. The van der Waals surface area contributed by atoms with E-state index >= 15 is 0 Å². The van der Waals surface area contributed by atoms with Gasteiger partial charge in [-0.2, -0.15) is 10.2 Å². The normalized spacial score (nSPS) is 12.2. The fourth-order valence-corrected chi connectivity index (χ4v) is 2.46. The third-order valence-electron chi connectivity index (χ3n) is 3.75. The van der Waals surface area contributed by atoms with Crippen molar-refractivity contribution < 1.29 is 14.7 Å². The van der Waals surface area contributed by atoms with Gasteiger partial charge in [0, 0.05) is 19.3 Å². The molecule has 2 aromatic heterocycles. The molecule has 0 bridgehead atoms. The lowest BCUT2D eigenvalue weighted by molar-refractivity contribution is -0.140. The predicted molar refractivity (Wildman–Crippen MR) is 88.2 cm³/mol. The Kier molecular flexibility index (Phi) is 5.61. The molecule has 0 radical (unpaired) electrons. The molecule has 0 aliphatic rings. The fourth-order valence-electron chi connectivity index (χ4n) is 2.32. The Morgan fingerprint density at radius 2 is 2.12 bits per heavy atom. The van der Waals surface area contributed by atoms with Crippen molar-refractivity contribution in [1.29, 1.82) is 0 Å². The smallest absolute Gasteiger partial charge is 0.328 e. The number of aliphatic carboxylic acids is 1. The average molecular weight is 354 g/mol. The molecule has 9 heteroatoms. The van der Waals surface area contributed by atoms with Crippen LogP contribution in [0.3, 0.4) is 0 Å². The van der Waals surface area contributed by atoms with E-state index in [9.17, 15) is 9.59 Å². The number of carboxylic acids is 1. The first-order valence-corrected chi connectivity index (χ1v) is 7.94. The Balaban J connectivity index is 1.89. The van der Waals surface area contributed by atoms with Crippen molar-refractivity contribution in [3.05, 3.63) is 34.4 Å². The first-order chi connectivity index (χ1) is 11.3. The van der Waals surface area contributed by atoms with Gasteiger partial charge in [-0.05, 0) is 33.3 Å². The van der Waals surface area contributed by atoms with Crippen LogP contribution >= 0.6 is 11.6 Å². The van der Waals surface area contributed by atoms with Crippen molar-refractivity contribution >= 4 is 23.5 Å². The zero-order chi connectivity index (χ0) is 17.9. The number of hydrogen-bond donors (Lipinski definition) is 2. The van der Waals surface area contributed by atoms with Crippen LogP contribution in [0.4, 0.5) is 0 Å². The molecule has 0 saturated heterocycles. The lowest BCUT2D eigenvalue weighted by Crippen LogP contribution is -2.30. The Morgan fingerprint density at radius 3 is 2.71 bits per heavy atom. The maximum Gasteiger partial charge on any atom is 0.328 e. The summed E-state index contributed by atoms with van der Waals surface area (Å²) in [5.74, 6) is -1.40. The monoisotopic (exact) mass is 353 g/mol. The third kappa shape index (κ3) is 3.76. The molecule has 0 saturated carbocycles. The van der Waals surface area contributed by atoms with E-state index < -0.39 is 12.0 Å². The molecule has 1 atom stereocenters. The van der Waals surface area contributed by atoms with Crippen molar-refractivity contribution in [2.24, 2.45) is 0 Å². The van der Waals surface area contributed by atoms with Crippen molar-refractivity contribution in [3.63, 3.8) is 0 Å². The van der Waals surface area contributed by atoms with Crippen LogP contribution in [0.5, 0.6) is 0 Å². The quantitative estimate of drug-likeness (QED) is 0.739. The van der Waals surface area contributed by atoms with E-state index in [1.807, 2.05) is 13.8 Å². The molecule has 2 N–H and O–H groups in total. The topological polar surface area (TPSA) is 102 Å². The maximum atomic E-state index is 12.2. The van der Waals surface area contributed by atoms with Crippen LogP contribution in [0, 0.1) is 13.8 Å². The summed E-state index contributed by atoms with van der Waals surface area (Å²) < 4.78 is 3.00. The second-order valence-electron chi connectivity index (χ2n) is 5.49. The van der Waals surface area contributed by atoms with Gasteiger partial charge in [-0.3, -0.25) is 9.48 Å². The first kappa shape index (κ1) is 18.0. The van der Waals surface area contributed by atoms with E-state index in [4.69, 9.17) is 16.7 Å². The summed E-state index contributed by atoms with van der Waals surface area (Å²) in [5, 5.41) is 20.7.